The van der Waals surface area contributed by atoms with Crippen LogP contribution >= 0.6 is 0 Å². The standard InChI is InChI=1S/C26H28F2N4O3/c1-31(2)24-11-10-23(29-25(33)18-6-4-7-20(27)14-18)15-19(24)17-32(12-13-35-3)26(34)30-22-9-5-8-21(28)16-22/h4-11,14-16H,12-13,17H2,1-3H3,(H,29,33)(H,30,34). The zero-order valence-corrected chi connectivity index (χ0v) is 19.8. The smallest absolute Gasteiger partial charge is 0.322 e. The summed E-state index contributed by atoms with van der Waals surface area (Å²) in [4.78, 5) is 29.0. The summed E-state index contributed by atoms with van der Waals surface area (Å²) >= 11 is 0. The molecule has 0 aliphatic heterocycles. The quantitative estimate of drug-likeness (QED) is 0.452. The first-order valence-corrected chi connectivity index (χ1v) is 10.9. The Hall–Kier alpha value is -3.98. The number of methoxy groups -OCH3 is 1. The topological polar surface area (TPSA) is 73.9 Å². The van der Waals surface area contributed by atoms with E-state index in [2.05, 4.69) is 10.6 Å². The molecule has 3 aromatic carbocycles. The van der Waals surface area contributed by atoms with E-state index in [0.717, 1.165) is 17.3 Å². The molecule has 7 nitrogen and oxygen atoms in total. The lowest BCUT2D eigenvalue weighted by molar-refractivity contribution is 0.102. The van der Waals surface area contributed by atoms with E-state index in [-0.39, 0.29) is 18.7 Å². The van der Waals surface area contributed by atoms with E-state index in [9.17, 15) is 18.4 Å². The monoisotopic (exact) mass is 482 g/mol. The van der Waals surface area contributed by atoms with Gasteiger partial charge in [0.15, 0.2) is 0 Å². The van der Waals surface area contributed by atoms with Crippen LogP contribution in [-0.2, 0) is 11.3 Å². The zero-order valence-electron chi connectivity index (χ0n) is 19.8. The van der Waals surface area contributed by atoms with Crippen molar-refractivity contribution in [2.75, 3.05) is 49.9 Å². The Labute approximate surface area is 203 Å². The van der Waals surface area contributed by atoms with Crippen LogP contribution in [0.3, 0.4) is 0 Å². The number of amides is 3. The number of nitrogens with zero attached hydrogens (tertiary/aromatic N) is 2. The van der Waals surface area contributed by atoms with Crippen LogP contribution in [0, 0.1) is 11.6 Å². The summed E-state index contributed by atoms with van der Waals surface area (Å²) in [6.45, 7) is 0.774. The molecule has 0 aliphatic carbocycles. The van der Waals surface area contributed by atoms with Gasteiger partial charge in [-0.2, -0.15) is 0 Å². The van der Waals surface area contributed by atoms with Crippen molar-refractivity contribution in [1.29, 1.82) is 0 Å². The summed E-state index contributed by atoms with van der Waals surface area (Å²) in [6, 6.07) is 16.0. The van der Waals surface area contributed by atoms with Crippen molar-refractivity contribution in [1.82, 2.24) is 4.90 Å². The summed E-state index contributed by atoms with van der Waals surface area (Å²) in [6.07, 6.45) is 0. The predicted octanol–water partition coefficient (Wildman–Crippen LogP) is 4.96. The van der Waals surface area contributed by atoms with Crippen LogP contribution in [0.4, 0.5) is 30.6 Å². The molecule has 0 radical (unpaired) electrons. The molecule has 0 aliphatic rings. The number of urea groups is 1. The van der Waals surface area contributed by atoms with Gasteiger partial charge >= 0.3 is 6.03 Å². The highest BCUT2D eigenvalue weighted by atomic mass is 19.1. The van der Waals surface area contributed by atoms with E-state index in [1.165, 1.54) is 48.4 Å². The number of ether oxygens (including phenoxy) is 1. The second-order valence-electron chi connectivity index (χ2n) is 8.06. The van der Waals surface area contributed by atoms with E-state index in [4.69, 9.17) is 4.74 Å². The Kier molecular flexibility index (Phi) is 8.74. The molecule has 0 fully saturated rings. The van der Waals surface area contributed by atoms with Crippen LogP contribution in [0.1, 0.15) is 15.9 Å². The zero-order chi connectivity index (χ0) is 25.4. The lowest BCUT2D eigenvalue weighted by Crippen LogP contribution is -2.37. The van der Waals surface area contributed by atoms with Crippen molar-refractivity contribution >= 4 is 29.0 Å². The molecule has 0 spiro atoms. The maximum absolute atomic E-state index is 13.6. The van der Waals surface area contributed by atoms with Crippen LogP contribution in [0.2, 0.25) is 0 Å². The third kappa shape index (κ3) is 7.25. The molecule has 3 amide bonds. The maximum atomic E-state index is 13.6. The molecule has 0 atom stereocenters. The summed E-state index contributed by atoms with van der Waals surface area (Å²) in [5.41, 5.74) is 2.63. The average Bonchev–Trinajstić information content (AvgIpc) is 2.81. The molecular formula is C26H28F2N4O3. The minimum atomic E-state index is -0.501. The third-order valence-corrected chi connectivity index (χ3v) is 5.20. The van der Waals surface area contributed by atoms with Crippen LogP contribution in [0.15, 0.2) is 66.7 Å². The molecule has 0 bridgehead atoms. The van der Waals surface area contributed by atoms with Gasteiger partial charge in [-0.3, -0.25) is 4.79 Å². The van der Waals surface area contributed by atoms with Crippen LogP contribution in [-0.4, -0.2) is 51.2 Å². The Balaban J connectivity index is 1.84. The summed E-state index contributed by atoms with van der Waals surface area (Å²) in [5, 5.41) is 5.48. The highest BCUT2D eigenvalue weighted by Crippen LogP contribution is 2.25. The fourth-order valence-corrected chi connectivity index (χ4v) is 3.49. The molecule has 0 aromatic heterocycles. The van der Waals surface area contributed by atoms with Crippen LogP contribution in [0.5, 0.6) is 0 Å². The van der Waals surface area contributed by atoms with Crippen molar-refractivity contribution in [3.05, 3.63) is 89.5 Å². The number of benzene rings is 3. The molecule has 184 valence electrons. The Morgan fingerprint density at radius 1 is 0.886 bits per heavy atom. The summed E-state index contributed by atoms with van der Waals surface area (Å²) in [7, 11) is 5.28. The van der Waals surface area contributed by atoms with Crippen molar-refractivity contribution in [2.24, 2.45) is 0 Å². The molecular weight excluding hydrogens is 454 g/mol. The first-order valence-electron chi connectivity index (χ1n) is 10.9. The number of halogens is 2. The number of hydrogen-bond acceptors (Lipinski definition) is 4. The number of hydrogen-bond donors (Lipinski definition) is 2. The number of anilines is 3. The Bertz CT molecular complexity index is 1190. The molecule has 0 saturated carbocycles. The number of nitrogens with one attached hydrogen (secondary N) is 2. The normalized spacial score (nSPS) is 10.5. The number of rotatable bonds is 9. The van der Waals surface area contributed by atoms with Gasteiger partial charge in [0.25, 0.3) is 5.91 Å². The van der Waals surface area contributed by atoms with Crippen molar-refractivity contribution < 1.29 is 23.1 Å². The van der Waals surface area contributed by atoms with Crippen molar-refractivity contribution in [2.45, 2.75) is 6.54 Å². The molecule has 3 aromatic rings. The second kappa shape index (κ2) is 11.9. The molecule has 9 heteroatoms. The molecule has 0 saturated heterocycles. The molecule has 35 heavy (non-hydrogen) atoms. The van der Waals surface area contributed by atoms with E-state index >= 15 is 0 Å². The summed E-state index contributed by atoms with van der Waals surface area (Å²) < 4.78 is 32.2. The first kappa shape index (κ1) is 25.6. The fourth-order valence-electron chi connectivity index (χ4n) is 3.49. The number of carbonyl (C=O) groups excluding carboxylic acids is 2. The van der Waals surface area contributed by atoms with Gasteiger partial charge in [-0.25, -0.2) is 13.6 Å². The Morgan fingerprint density at radius 2 is 1.57 bits per heavy atom. The van der Waals surface area contributed by atoms with Gasteiger partial charge in [-0.15, -0.1) is 0 Å². The van der Waals surface area contributed by atoms with Crippen LogP contribution < -0.4 is 15.5 Å². The van der Waals surface area contributed by atoms with Gasteiger partial charge < -0.3 is 25.2 Å². The number of carbonyl (C=O) groups is 2. The van der Waals surface area contributed by atoms with Gasteiger partial charge in [0, 0.05) is 56.9 Å². The highest BCUT2D eigenvalue weighted by molar-refractivity contribution is 6.04. The molecule has 0 heterocycles. The predicted molar refractivity (Wildman–Crippen MR) is 133 cm³/mol. The van der Waals surface area contributed by atoms with Crippen molar-refractivity contribution in [3.8, 4) is 0 Å². The fraction of sp³-hybridized carbons (Fsp3) is 0.231. The van der Waals surface area contributed by atoms with Gasteiger partial charge in [-0.05, 0) is 60.2 Å². The van der Waals surface area contributed by atoms with Crippen LogP contribution in [0.25, 0.3) is 0 Å². The summed E-state index contributed by atoms with van der Waals surface area (Å²) in [5.74, 6) is -1.41. The van der Waals surface area contributed by atoms with Gasteiger partial charge in [0.2, 0.25) is 0 Å². The lowest BCUT2D eigenvalue weighted by Gasteiger charge is -2.26. The second-order valence-corrected chi connectivity index (χ2v) is 8.06. The Morgan fingerprint density at radius 3 is 2.23 bits per heavy atom. The minimum absolute atomic E-state index is 0.194. The van der Waals surface area contributed by atoms with Gasteiger partial charge in [0.05, 0.1) is 6.61 Å². The van der Waals surface area contributed by atoms with E-state index in [0.29, 0.717) is 18.0 Å². The molecule has 3 rings (SSSR count). The largest absolute Gasteiger partial charge is 0.383 e. The molecule has 0 unspecified atom stereocenters. The van der Waals surface area contributed by atoms with Crippen molar-refractivity contribution in [3.63, 3.8) is 0 Å². The van der Waals surface area contributed by atoms with Gasteiger partial charge in [-0.1, -0.05) is 12.1 Å². The van der Waals surface area contributed by atoms with E-state index < -0.39 is 23.6 Å². The third-order valence-electron chi connectivity index (χ3n) is 5.20. The van der Waals surface area contributed by atoms with Gasteiger partial charge in [0.1, 0.15) is 11.6 Å². The van der Waals surface area contributed by atoms with E-state index in [1.807, 2.05) is 25.1 Å². The maximum Gasteiger partial charge on any atom is 0.322 e. The minimum Gasteiger partial charge on any atom is -0.383 e. The first-order chi connectivity index (χ1) is 16.8. The SMILES string of the molecule is COCCN(Cc1cc(NC(=O)c2cccc(F)c2)ccc1N(C)C)C(=O)Nc1cccc(F)c1. The highest BCUT2D eigenvalue weighted by Gasteiger charge is 2.18. The lowest BCUT2D eigenvalue weighted by atomic mass is 10.1. The molecule has 2 N–H and O–H groups in total. The average molecular weight is 483 g/mol. The van der Waals surface area contributed by atoms with E-state index in [1.54, 1.807) is 18.2 Å².